The lowest BCUT2D eigenvalue weighted by Crippen LogP contribution is -2.31. The second kappa shape index (κ2) is 13.8. The molecule has 1 aliphatic carbocycles. The largest absolute Gasteiger partial charge is 0.256 e. The molecule has 12 rings (SSSR count). The van der Waals surface area contributed by atoms with Crippen LogP contribution in [0.1, 0.15) is 22.3 Å². The van der Waals surface area contributed by atoms with E-state index in [1.54, 1.807) is 0 Å². The van der Waals surface area contributed by atoms with Crippen LogP contribution >= 0.6 is 11.8 Å². The van der Waals surface area contributed by atoms with Crippen LogP contribution in [0.5, 0.6) is 0 Å². The zero-order valence-corrected chi connectivity index (χ0v) is 33.1. The molecule has 0 fully saturated rings. The summed E-state index contributed by atoms with van der Waals surface area (Å²) in [7, 11) is 0. The fourth-order valence-electron chi connectivity index (χ4n) is 9.37. The SMILES string of the molecule is c1ccc(-c2nc(-c3ccccc3)nc(-c3cccc(-c4ccc5c(c4)-c4cc(-c6cccc7cccnc67)ccc4C54c5ccccc5Sc5ccccc54)c3)n2)cc1. The monoisotopic (exact) mass is 782 g/mol. The van der Waals surface area contributed by atoms with E-state index < -0.39 is 5.41 Å². The van der Waals surface area contributed by atoms with Gasteiger partial charge in [0.05, 0.1) is 10.9 Å². The van der Waals surface area contributed by atoms with E-state index in [0.29, 0.717) is 17.5 Å². The Kier molecular flexibility index (Phi) is 7.97. The summed E-state index contributed by atoms with van der Waals surface area (Å²) < 4.78 is 0. The van der Waals surface area contributed by atoms with Gasteiger partial charge < -0.3 is 0 Å². The zero-order valence-electron chi connectivity index (χ0n) is 32.3. The van der Waals surface area contributed by atoms with E-state index in [9.17, 15) is 0 Å². The predicted octanol–water partition coefficient (Wildman–Crippen LogP) is 13.6. The smallest absolute Gasteiger partial charge is 0.164 e. The Morgan fingerprint density at radius 3 is 1.50 bits per heavy atom. The van der Waals surface area contributed by atoms with Crippen LogP contribution in [-0.4, -0.2) is 19.9 Å². The fraction of sp³-hybridized carbons (Fsp3) is 0.0182. The van der Waals surface area contributed by atoms with Gasteiger partial charge in [0.15, 0.2) is 17.5 Å². The van der Waals surface area contributed by atoms with Crippen LogP contribution in [0.25, 0.3) is 78.4 Å². The molecule has 8 aromatic carbocycles. The number of rotatable bonds is 5. The minimum absolute atomic E-state index is 0.481. The van der Waals surface area contributed by atoms with Gasteiger partial charge in [0.1, 0.15) is 0 Å². The second-order valence-electron chi connectivity index (χ2n) is 15.4. The molecule has 0 unspecified atom stereocenters. The van der Waals surface area contributed by atoms with E-state index in [4.69, 9.17) is 19.9 Å². The fourth-order valence-corrected chi connectivity index (χ4v) is 10.6. The molecule has 0 N–H and O–H groups in total. The summed E-state index contributed by atoms with van der Waals surface area (Å²) in [6, 6.07) is 71.6. The molecule has 0 saturated heterocycles. The van der Waals surface area contributed by atoms with Gasteiger partial charge in [-0.15, -0.1) is 0 Å². The number of pyridine rings is 1. The van der Waals surface area contributed by atoms with Gasteiger partial charge in [-0.1, -0.05) is 176 Å². The van der Waals surface area contributed by atoms with Gasteiger partial charge in [0, 0.05) is 43.6 Å². The molecule has 0 radical (unpaired) electrons. The van der Waals surface area contributed by atoms with Crippen molar-refractivity contribution in [3.8, 4) is 67.5 Å². The summed E-state index contributed by atoms with van der Waals surface area (Å²) in [5, 5.41) is 1.13. The average molecular weight is 783 g/mol. The van der Waals surface area contributed by atoms with E-state index in [1.807, 2.05) is 84.7 Å². The third-order valence-electron chi connectivity index (χ3n) is 12.0. The van der Waals surface area contributed by atoms with Crippen LogP contribution in [0, 0.1) is 0 Å². The van der Waals surface area contributed by atoms with Gasteiger partial charge >= 0.3 is 0 Å². The number of fused-ring (bicyclic) bond motifs is 10. The zero-order chi connectivity index (χ0) is 39.6. The number of nitrogens with zero attached hydrogens (tertiary/aromatic N) is 4. The Labute approximate surface area is 352 Å². The highest BCUT2D eigenvalue weighted by Gasteiger charge is 2.50. The van der Waals surface area contributed by atoms with Gasteiger partial charge in [0.25, 0.3) is 0 Å². The van der Waals surface area contributed by atoms with E-state index in [0.717, 1.165) is 49.8 Å². The molecule has 0 saturated carbocycles. The highest BCUT2D eigenvalue weighted by molar-refractivity contribution is 7.99. The van der Waals surface area contributed by atoms with Crippen molar-refractivity contribution in [3.63, 3.8) is 0 Å². The molecule has 2 aliphatic rings. The Morgan fingerprint density at radius 1 is 0.333 bits per heavy atom. The molecular weight excluding hydrogens is 749 g/mol. The number of aromatic nitrogens is 4. The molecule has 1 aliphatic heterocycles. The first-order chi connectivity index (χ1) is 29.7. The lowest BCUT2D eigenvalue weighted by molar-refractivity contribution is 0.722. The molecule has 2 aromatic heterocycles. The average Bonchev–Trinajstić information content (AvgIpc) is 3.61. The highest BCUT2D eigenvalue weighted by Crippen LogP contribution is 2.62. The van der Waals surface area contributed by atoms with E-state index in [1.165, 1.54) is 43.2 Å². The molecule has 280 valence electrons. The first-order valence-corrected chi connectivity index (χ1v) is 21.0. The number of hydrogen-bond donors (Lipinski definition) is 0. The van der Waals surface area contributed by atoms with Gasteiger partial charge in [-0.2, -0.15) is 0 Å². The van der Waals surface area contributed by atoms with E-state index >= 15 is 0 Å². The maximum atomic E-state index is 5.05. The number of hydrogen-bond acceptors (Lipinski definition) is 5. The lowest BCUT2D eigenvalue weighted by Gasteiger charge is -2.39. The lowest BCUT2D eigenvalue weighted by atomic mass is 9.67. The summed E-state index contributed by atoms with van der Waals surface area (Å²) in [5.41, 5.74) is 15.6. The summed E-state index contributed by atoms with van der Waals surface area (Å²) in [6.07, 6.45) is 1.89. The van der Waals surface area contributed by atoms with Crippen LogP contribution < -0.4 is 0 Å². The van der Waals surface area contributed by atoms with Crippen molar-refractivity contribution in [1.29, 1.82) is 0 Å². The quantitative estimate of drug-likeness (QED) is 0.174. The second-order valence-corrected chi connectivity index (χ2v) is 16.4. The van der Waals surface area contributed by atoms with Crippen LogP contribution in [0.3, 0.4) is 0 Å². The highest BCUT2D eigenvalue weighted by atomic mass is 32.2. The maximum Gasteiger partial charge on any atom is 0.164 e. The van der Waals surface area contributed by atoms with Crippen molar-refractivity contribution in [1.82, 2.24) is 19.9 Å². The van der Waals surface area contributed by atoms with Crippen LogP contribution in [-0.2, 0) is 5.41 Å². The van der Waals surface area contributed by atoms with Crippen molar-refractivity contribution in [2.45, 2.75) is 15.2 Å². The van der Waals surface area contributed by atoms with Gasteiger partial charge in [-0.25, -0.2) is 15.0 Å². The summed E-state index contributed by atoms with van der Waals surface area (Å²) in [5.74, 6) is 1.93. The minimum Gasteiger partial charge on any atom is -0.256 e. The van der Waals surface area contributed by atoms with Crippen molar-refractivity contribution in [3.05, 3.63) is 229 Å². The first-order valence-electron chi connectivity index (χ1n) is 20.2. The Morgan fingerprint density at radius 2 is 0.833 bits per heavy atom. The summed E-state index contributed by atoms with van der Waals surface area (Å²) in [6.45, 7) is 0. The molecule has 1 spiro atoms. The number of para-hydroxylation sites is 1. The first kappa shape index (κ1) is 34.6. The van der Waals surface area contributed by atoms with Crippen LogP contribution in [0.15, 0.2) is 216 Å². The molecule has 10 aromatic rings. The molecule has 3 heterocycles. The van der Waals surface area contributed by atoms with Gasteiger partial charge in [-0.05, 0) is 86.5 Å². The van der Waals surface area contributed by atoms with Gasteiger partial charge in [0.2, 0.25) is 0 Å². The van der Waals surface area contributed by atoms with Crippen molar-refractivity contribution < 1.29 is 0 Å². The Balaban J connectivity index is 1.06. The molecule has 0 amide bonds. The predicted molar refractivity (Wildman–Crippen MR) is 244 cm³/mol. The molecule has 60 heavy (non-hydrogen) atoms. The molecule has 5 heteroatoms. The van der Waals surface area contributed by atoms with E-state index in [-0.39, 0.29) is 0 Å². The molecular formula is C55H34N4S. The molecule has 0 atom stereocenters. The van der Waals surface area contributed by atoms with Crippen molar-refractivity contribution in [2.24, 2.45) is 0 Å². The Hall–Kier alpha value is -7.47. The standard InChI is InChI=1S/C55H34N4S/c1-3-14-36(15-4-1)52-57-53(37-16-5-2-6-17-37)59-54(58-52)41-20-11-19-38(32-41)39-27-29-45-43(33-39)44-34-40(42-22-12-18-35-21-13-31-56-51(35)42)28-30-46(44)55(45)47-23-7-9-25-49(47)60-50-26-10-8-24-48(50)55/h1-34H. The molecule has 4 nitrogen and oxygen atoms in total. The Bertz CT molecular complexity index is 3200. The summed E-state index contributed by atoms with van der Waals surface area (Å²) >= 11 is 1.87. The topological polar surface area (TPSA) is 51.6 Å². The maximum absolute atomic E-state index is 5.05. The number of benzene rings is 8. The minimum atomic E-state index is -0.481. The third kappa shape index (κ3) is 5.40. The normalized spacial score (nSPS) is 13.1. The van der Waals surface area contributed by atoms with Gasteiger partial charge in [-0.3, -0.25) is 4.98 Å². The summed E-state index contributed by atoms with van der Waals surface area (Å²) in [4.78, 5) is 22.5. The van der Waals surface area contributed by atoms with Crippen molar-refractivity contribution >= 4 is 22.7 Å². The molecule has 0 bridgehead atoms. The van der Waals surface area contributed by atoms with E-state index in [2.05, 4.69) is 133 Å². The third-order valence-corrected chi connectivity index (χ3v) is 13.2. The van der Waals surface area contributed by atoms with Crippen molar-refractivity contribution in [2.75, 3.05) is 0 Å². The van der Waals surface area contributed by atoms with Crippen LogP contribution in [0.2, 0.25) is 0 Å². The van der Waals surface area contributed by atoms with Crippen LogP contribution in [0.4, 0.5) is 0 Å².